The molecule has 0 bridgehead atoms. The van der Waals surface area contributed by atoms with Gasteiger partial charge in [-0.05, 0) is 221 Å². The van der Waals surface area contributed by atoms with Gasteiger partial charge in [-0.25, -0.2) is 0 Å². The number of pyridine rings is 3. The highest BCUT2D eigenvalue weighted by molar-refractivity contribution is 9.11. The summed E-state index contributed by atoms with van der Waals surface area (Å²) in [5, 5.41) is 12.7. The summed E-state index contributed by atoms with van der Waals surface area (Å²) in [6.07, 6.45) is 11.6. The average Bonchev–Trinajstić information content (AvgIpc) is 3.75. The van der Waals surface area contributed by atoms with E-state index < -0.39 is 0 Å². The molecule has 3 aliphatic heterocycles. The van der Waals surface area contributed by atoms with Gasteiger partial charge in [0.05, 0.1) is 50.3 Å². The predicted octanol–water partition coefficient (Wildman–Crippen LogP) is 13.1. The van der Waals surface area contributed by atoms with Gasteiger partial charge in [0, 0.05) is 124 Å². The zero-order valence-corrected chi connectivity index (χ0v) is 51.3. The molecule has 6 aliphatic rings. The Labute approximate surface area is 488 Å². The largest absolute Gasteiger partial charge is 0.314 e. The van der Waals surface area contributed by atoms with Gasteiger partial charge in [-0.2, -0.15) is 0 Å². The second-order valence-corrected chi connectivity index (χ2v) is 25.3. The summed E-state index contributed by atoms with van der Waals surface area (Å²) in [6.45, 7) is 12.3. The Balaban J connectivity index is 0.000000124. The molecule has 3 atom stereocenters. The van der Waals surface area contributed by atoms with Crippen LogP contribution in [0, 0.1) is 0 Å². The van der Waals surface area contributed by atoms with Crippen LogP contribution in [0.1, 0.15) is 85.3 Å². The van der Waals surface area contributed by atoms with Crippen molar-refractivity contribution in [1.82, 2.24) is 45.6 Å². The van der Waals surface area contributed by atoms with Crippen LogP contribution in [0.3, 0.4) is 0 Å². The van der Waals surface area contributed by atoms with Crippen molar-refractivity contribution in [1.29, 1.82) is 0 Å². The van der Waals surface area contributed by atoms with Gasteiger partial charge in [-0.1, -0.05) is 53.0 Å². The van der Waals surface area contributed by atoms with Crippen LogP contribution in [0.5, 0.6) is 0 Å². The molecular formula is C54H54Br6Cl3N9. The number of fused-ring (bicyclic) bond motifs is 6. The number of hydrogen-bond donors (Lipinski definition) is 3. The van der Waals surface area contributed by atoms with E-state index in [2.05, 4.69) is 163 Å². The molecule has 12 rings (SSSR count). The number of rotatable bonds is 3. The highest BCUT2D eigenvalue weighted by Crippen LogP contribution is 2.44. The first-order valence-corrected chi connectivity index (χ1v) is 30.5. The summed E-state index contributed by atoms with van der Waals surface area (Å²) >= 11 is 41.0. The molecule has 72 heavy (non-hydrogen) atoms. The minimum absolute atomic E-state index is 0.196. The lowest BCUT2D eigenvalue weighted by Crippen LogP contribution is -2.45. The second-order valence-electron chi connectivity index (χ2n) is 18.9. The lowest BCUT2D eigenvalue weighted by Gasteiger charge is -2.36. The molecule has 3 fully saturated rings. The number of piperazine rings is 3. The third-order valence-electron chi connectivity index (χ3n) is 14.7. The highest BCUT2D eigenvalue weighted by Gasteiger charge is 2.35. The molecule has 0 spiro atoms. The SMILES string of the molecule is Clc1ccc2c(c1Br)CCc1cc(Br)cnc1C2N1CCNCC1.Clc1ccc2c(c1Br)CCc1cc(Br)cnc1[C@@H]2N1CCNCC1.Clc1ccc2c(c1Br)CCc1cc(Br)cnc1[C@H]2N1CCNCC1. The van der Waals surface area contributed by atoms with E-state index in [0.717, 1.165) is 159 Å². The van der Waals surface area contributed by atoms with E-state index >= 15 is 0 Å². The van der Waals surface area contributed by atoms with Gasteiger partial charge >= 0.3 is 0 Å². The Bertz CT molecular complexity index is 2640. The van der Waals surface area contributed by atoms with Crippen molar-refractivity contribution >= 4 is 130 Å². The first-order valence-electron chi connectivity index (χ1n) is 24.6. The van der Waals surface area contributed by atoms with Crippen LogP contribution >= 0.6 is 130 Å². The van der Waals surface area contributed by atoms with Crippen LogP contribution in [0.15, 0.2) is 100 Å². The molecule has 3 aliphatic carbocycles. The number of aromatic nitrogens is 3. The van der Waals surface area contributed by atoms with Crippen molar-refractivity contribution in [2.45, 2.75) is 56.7 Å². The Morgan fingerprint density at radius 3 is 0.917 bits per heavy atom. The topological polar surface area (TPSA) is 84.5 Å². The molecule has 6 heterocycles. The van der Waals surface area contributed by atoms with Crippen molar-refractivity contribution in [3.63, 3.8) is 0 Å². The number of benzene rings is 3. The molecule has 3 aromatic heterocycles. The summed E-state index contributed by atoms with van der Waals surface area (Å²) in [6, 6.07) is 19.8. The molecule has 0 radical (unpaired) electrons. The van der Waals surface area contributed by atoms with Crippen LogP contribution in [0.25, 0.3) is 0 Å². The van der Waals surface area contributed by atoms with E-state index in [1.54, 1.807) is 0 Å². The zero-order chi connectivity index (χ0) is 50.0. The number of aryl methyl sites for hydroxylation is 3. The lowest BCUT2D eigenvalue weighted by molar-refractivity contribution is 0.195. The third-order valence-corrected chi connectivity index (χ3v) is 20.4. The first-order chi connectivity index (χ1) is 34.9. The summed E-state index contributed by atoms with van der Waals surface area (Å²) in [5.74, 6) is 0. The van der Waals surface area contributed by atoms with E-state index in [-0.39, 0.29) is 18.1 Å². The van der Waals surface area contributed by atoms with E-state index in [4.69, 9.17) is 49.8 Å². The standard InChI is InChI=1S/3C18H18Br2ClN3/c3*19-12-9-11-1-2-13-14(3-4-15(21)16(13)20)18(17(11)23-10-12)24-7-5-22-6-8-24/h3*3-4,9-10,18,22H,1-2,5-8H2/t2*18-;/m10./s1. The van der Waals surface area contributed by atoms with E-state index in [9.17, 15) is 0 Å². The number of hydrogen-bond acceptors (Lipinski definition) is 9. The van der Waals surface area contributed by atoms with Gasteiger partial charge in [0.2, 0.25) is 0 Å². The minimum Gasteiger partial charge on any atom is -0.314 e. The van der Waals surface area contributed by atoms with Crippen molar-refractivity contribution in [3.8, 4) is 0 Å². The van der Waals surface area contributed by atoms with Gasteiger partial charge in [0.25, 0.3) is 0 Å². The fourth-order valence-electron chi connectivity index (χ4n) is 11.3. The van der Waals surface area contributed by atoms with Crippen LogP contribution in [-0.2, 0) is 38.5 Å². The maximum absolute atomic E-state index is 6.38. The van der Waals surface area contributed by atoms with Crippen molar-refractivity contribution < 1.29 is 0 Å². The van der Waals surface area contributed by atoms with Gasteiger partial charge in [0.1, 0.15) is 0 Å². The molecular weight excluding hydrogens is 1360 g/mol. The summed E-state index contributed by atoms with van der Waals surface area (Å²) < 4.78 is 6.24. The quantitative estimate of drug-likeness (QED) is 0.160. The number of nitrogens with zero attached hydrogens (tertiary/aromatic N) is 6. The van der Waals surface area contributed by atoms with Crippen molar-refractivity contribution in [2.75, 3.05) is 78.5 Å². The fraction of sp³-hybridized carbons (Fsp3) is 0.389. The van der Waals surface area contributed by atoms with Gasteiger partial charge in [0.15, 0.2) is 0 Å². The second kappa shape index (κ2) is 24.5. The minimum atomic E-state index is 0.196. The van der Waals surface area contributed by atoms with Crippen LogP contribution < -0.4 is 16.0 Å². The summed E-state index contributed by atoms with van der Waals surface area (Å²) in [4.78, 5) is 22.1. The smallest absolute Gasteiger partial charge is 0.0783 e. The predicted molar refractivity (Wildman–Crippen MR) is 314 cm³/mol. The fourth-order valence-corrected chi connectivity index (χ4v) is 14.7. The van der Waals surface area contributed by atoms with Crippen LogP contribution in [0.4, 0.5) is 0 Å². The Morgan fingerprint density at radius 2 is 0.653 bits per heavy atom. The molecule has 3 saturated heterocycles. The van der Waals surface area contributed by atoms with E-state index in [0.29, 0.717) is 0 Å². The molecule has 0 amide bonds. The van der Waals surface area contributed by atoms with Gasteiger partial charge in [-0.15, -0.1) is 0 Å². The van der Waals surface area contributed by atoms with Crippen LogP contribution in [-0.4, -0.2) is 108 Å². The maximum Gasteiger partial charge on any atom is 0.0783 e. The molecule has 1 unspecified atom stereocenters. The highest BCUT2D eigenvalue weighted by atomic mass is 79.9. The van der Waals surface area contributed by atoms with Gasteiger partial charge in [-0.3, -0.25) is 29.7 Å². The lowest BCUT2D eigenvalue weighted by atomic mass is 9.96. The van der Waals surface area contributed by atoms with Crippen molar-refractivity contribution in [3.05, 3.63) is 182 Å². The van der Waals surface area contributed by atoms with E-state index in [1.807, 2.05) is 36.8 Å². The number of nitrogens with one attached hydrogen (secondary N) is 3. The van der Waals surface area contributed by atoms with Crippen molar-refractivity contribution in [2.24, 2.45) is 0 Å². The Hall–Kier alpha value is -1.38. The zero-order valence-electron chi connectivity index (χ0n) is 39.5. The Kier molecular flexibility index (Phi) is 18.4. The van der Waals surface area contributed by atoms with Gasteiger partial charge < -0.3 is 16.0 Å². The normalized spacial score (nSPS) is 21.0. The third kappa shape index (κ3) is 11.7. The molecule has 3 aromatic carbocycles. The Morgan fingerprint density at radius 1 is 0.389 bits per heavy atom. The average molecular weight is 1410 g/mol. The number of halogens is 9. The molecule has 18 heteroatoms. The summed E-state index contributed by atoms with van der Waals surface area (Å²) in [7, 11) is 0. The molecule has 3 N–H and O–H groups in total. The van der Waals surface area contributed by atoms with E-state index in [1.165, 1.54) is 67.2 Å². The van der Waals surface area contributed by atoms with Crippen LogP contribution in [0.2, 0.25) is 15.1 Å². The molecule has 6 aromatic rings. The molecule has 378 valence electrons. The first kappa shape index (κ1) is 54.0. The molecule has 0 saturated carbocycles. The summed E-state index contributed by atoms with van der Waals surface area (Å²) in [5.41, 5.74) is 15.5. The molecule has 9 nitrogen and oxygen atoms in total. The monoisotopic (exact) mass is 1410 g/mol. The maximum atomic E-state index is 6.38.